The fourth-order valence-electron chi connectivity index (χ4n) is 1.96. The number of ether oxygens (including phenoxy) is 1. The van der Waals surface area contributed by atoms with Crippen molar-refractivity contribution in [1.29, 1.82) is 0 Å². The molecule has 0 saturated heterocycles. The van der Waals surface area contributed by atoms with Gasteiger partial charge in [0.15, 0.2) is 5.76 Å². The first kappa shape index (κ1) is 19.7. The number of amides is 2. The summed E-state index contributed by atoms with van der Waals surface area (Å²) in [5.74, 6) is -0.442. The Hall–Kier alpha value is -2.35. The van der Waals surface area contributed by atoms with E-state index in [0.717, 1.165) is 5.56 Å². The molecule has 7 nitrogen and oxygen atoms in total. The summed E-state index contributed by atoms with van der Waals surface area (Å²) < 4.78 is 9.88. The molecule has 2 amide bonds. The number of nitrogens with one attached hydrogen (secondary N) is 2. The Morgan fingerprint density at radius 2 is 2.04 bits per heavy atom. The van der Waals surface area contributed by atoms with E-state index < -0.39 is 6.04 Å². The van der Waals surface area contributed by atoms with Crippen LogP contribution in [-0.2, 0) is 9.53 Å². The molecule has 0 fully saturated rings. The predicted molar refractivity (Wildman–Crippen MR) is 93.6 cm³/mol. The van der Waals surface area contributed by atoms with Crippen molar-refractivity contribution in [2.45, 2.75) is 13.0 Å². The lowest BCUT2D eigenvalue weighted by Gasteiger charge is -2.13. The summed E-state index contributed by atoms with van der Waals surface area (Å²) in [5.41, 5.74) is 7.68. The van der Waals surface area contributed by atoms with Gasteiger partial charge in [0, 0.05) is 18.5 Å². The molecule has 0 bridgehead atoms. The van der Waals surface area contributed by atoms with Crippen LogP contribution < -0.4 is 16.4 Å². The van der Waals surface area contributed by atoms with Gasteiger partial charge < -0.3 is 25.5 Å². The van der Waals surface area contributed by atoms with Gasteiger partial charge in [0.05, 0.1) is 12.9 Å². The zero-order valence-corrected chi connectivity index (χ0v) is 14.2. The van der Waals surface area contributed by atoms with Crippen LogP contribution >= 0.6 is 12.4 Å². The van der Waals surface area contributed by atoms with E-state index in [4.69, 9.17) is 14.9 Å². The molecule has 0 aliphatic rings. The van der Waals surface area contributed by atoms with Crippen LogP contribution in [0.4, 0.5) is 11.4 Å². The molecule has 4 N–H and O–H groups in total. The average Bonchev–Trinajstić information content (AvgIpc) is 3.04. The predicted octanol–water partition coefficient (Wildman–Crippen LogP) is 2.17. The number of rotatable bonds is 6. The van der Waals surface area contributed by atoms with E-state index >= 15 is 0 Å². The van der Waals surface area contributed by atoms with Crippen molar-refractivity contribution in [3.63, 3.8) is 0 Å². The zero-order valence-electron chi connectivity index (χ0n) is 13.4. The molecule has 0 spiro atoms. The Morgan fingerprint density at radius 3 is 2.62 bits per heavy atom. The van der Waals surface area contributed by atoms with Crippen LogP contribution in [0.5, 0.6) is 0 Å². The Morgan fingerprint density at radius 1 is 1.29 bits per heavy atom. The van der Waals surface area contributed by atoms with E-state index in [2.05, 4.69) is 10.6 Å². The SMILES string of the molecule is COCC(N)C(=O)Nc1ccc(NC(=O)c2ccco2)c(C)c1.Cl. The van der Waals surface area contributed by atoms with Gasteiger partial charge in [-0.05, 0) is 42.8 Å². The second-order valence-electron chi connectivity index (χ2n) is 5.01. The number of furan rings is 1. The van der Waals surface area contributed by atoms with Crippen LogP contribution in [0.3, 0.4) is 0 Å². The topological polar surface area (TPSA) is 107 Å². The highest BCUT2D eigenvalue weighted by Crippen LogP contribution is 2.20. The van der Waals surface area contributed by atoms with Crippen molar-refractivity contribution in [3.8, 4) is 0 Å². The van der Waals surface area contributed by atoms with Gasteiger partial charge in [-0.3, -0.25) is 9.59 Å². The smallest absolute Gasteiger partial charge is 0.291 e. The minimum absolute atomic E-state index is 0. The van der Waals surface area contributed by atoms with E-state index in [-0.39, 0.29) is 36.6 Å². The molecule has 1 aromatic heterocycles. The number of benzene rings is 1. The molecule has 0 radical (unpaired) electrons. The fraction of sp³-hybridized carbons (Fsp3) is 0.250. The van der Waals surface area contributed by atoms with Crippen LogP contribution in [0.25, 0.3) is 0 Å². The second-order valence-corrected chi connectivity index (χ2v) is 5.01. The third-order valence-electron chi connectivity index (χ3n) is 3.17. The van der Waals surface area contributed by atoms with Gasteiger partial charge in [0.1, 0.15) is 6.04 Å². The lowest BCUT2D eigenvalue weighted by atomic mass is 10.1. The molecular formula is C16H20ClN3O4. The molecule has 2 rings (SSSR count). The minimum Gasteiger partial charge on any atom is -0.459 e. The van der Waals surface area contributed by atoms with Crippen molar-refractivity contribution >= 4 is 35.6 Å². The van der Waals surface area contributed by atoms with Gasteiger partial charge in [0.25, 0.3) is 5.91 Å². The zero-order chi connectivity index (χ0) is 16.8. The van der Waals surface area contributed by atoms with E-state index in [0.29, 0.717) is 11.4 Å². The molecular weight excluding hydrogens is 334 g/mol. The van der Waals surface area contributed by atoms with Gasteiger partial charge >= 0.3 is 0 Å². The highest BCUT2D eigenvalue weighted by Gasteiger charge is 2.14. The monoisotopic (exact) mass is 353 g/mol. The van der Waals surface area contributed by atoms with Crippen molar-refractivity contribution in [2.75, 3.05) is 24.4 Å². The molecule has 130 valence electrons. The Balaban J connectivity index is 0.00000288. The summed E-state index contributed by atoms with van der Waals surface area (Å²) in [6.45, 7) is 1.96. The summed E-state index contributed by atoms with van der Waals surface area (Å²) in [5, 5.41) is 5.45. The highest BCUT2D eigenvalue weighted by molar-refractivity contribution is 6.03. The van der Waals surface area contributed by atoms with Crippen LogP contribution in [-0.4, -0.2) is 31.6 Å². The summed E-state index contributed by atoms with van der Waals surface area (Å²) in [6, 6.07) is 7.61. The van der Waals surface area contributed by atoms with Gasteiger partial charge in [-0.2, -0.15) is 0 Å². The van der Waals surface area contributed by atoms with Crippen LogP contribution in [0.1, 0.15) is 16.1 Å². The molecule has 24 heavy (non-hydrogen) atoms. The molecule has 0 saturated carbocycles. The first-order chi connectivity index (χ1) is 11.0. The molecule has 1 unspecified atom stereocenters. The Bertz CT molecular complexity index is 689. The number of carbonyl (C=O) groups is 2. The Kier molecular flexibility index (Phi) is 7.44. The number of anilines is 2. The molecule has 0 aliphatic heterocycles. The van der Waals surface area contributed by atoms with Crippen LogP contribution in [0.15, 0.2) is 41.0 Å². The van der Waals surface area contributed by atoms with Gasteiger partial charge in [-0.1, -0.05) is 0 Å². The number of hydrogen-bond acceptors (Lipinski definition) is 5. The van der Waals surface area contributed by atoms with E-state index in [9.17, 15) is 9.59 Å². The summed E-state index contributed by atoms with van der Waals surface area (Å²) in [6.07, 6.45) is 1.43. The van der Waals surface area contributed by atoms with Crippen molar-refractivity contribution in [1.82, 2.24) is 0 Å². The number of hydrogen-bond donors (Lipinski definition) is 3. The average molecular weight is 354 g/mol. The van der Waals surface area contributed by atoms with Crippen LogP contribution in [0.2, 0.25) is 0 Å². The maximum atomic E-state index is 11.9. The number of aryl methyl sites for hydroxylation is 1. The summed E-state index contributed by atoms with van der Waals surface area (Å²) >= 11 is 0. The van der Waals surface area contributed by atoms with E-state index in [1.54, 1.807) is 30.3 Å². The normalized spacial score (nSPS) is 11.3. The number of nitrogens with two attached hydrogens (primary N) is 1. The van der Waals surface area contributed by atoms with Crippen molar-refractivity contribution < 1.29 is 18.7 Å². The second kappa shape index (κ2) is 9.07. The van der Waals surface area contributed by atoms with Crippen LogP contribution in [0, 0.1) is 6.92 Å². The van der Waals surface area contributed by atoms with Gasteiger partial charge in [-0.25, -0.2) is 0 Å². The highest BCUT2D eigenvalue weighted by atomic mass is 35.5. The largest absolute Gasteiger partial charge is 0.459 e. The molecule has 0 aliphatic carbocycles. The number of carbonyl (C=O) groups excluding carboxylic acids is 2. The Labute approximate surface area is 146 Å². The van der Waals surface area contributed by atoms with Crippen molar-refractivity contribution in [3.05, 3.63) is 47.9 Å². The number of methoxy groups -OCH3 is 1. The minimum atomic E-state index is -0.737. The lowest BCUT2D eigenvalue weighted by molar-refractivity contribution is -0.118. The van der Waals surface area contributed by atoms with Crippen molar-refractivity contribution in [2.24, 2.45) is 5.73 Å². The number of halogens is 1. The van der Waals surface area contributed by atoms with E-state index in [1.165, 1.54) is 13.4 Å². The molecule has 1 heterocycles. The first-order valence-corrected chi connectivity index (χ1v) is 7.02. The molecule has 1 atom stereocenters. The summed E-state index contributed by atoms with van der Waals surface area (Å²) in [7, 11) is 1.48. The quantitative estimate of drug-likeness (QED) is 0.737. The summed E-state index contributed by atoms with van der Waals surface area (Å²) in [4.78, 5) is 23.8. The third-order valence-corrected chi connectivity index (χ3v) is 3.17. The lowest BCUT2D eigenvalue weighted by Crippen LogP contribution is -2.39. The maximum Gasteiger partial charge on any atom is 0.291 e. The third kappa shape index (κ3) is 5.09. The molecule has 2 aromatic rings. The fourth-order valence-corrected chi connectivity index (χ4v) is 1.96. The van der Waals surface area contributed by atoms with Gasteiger partial charge in [0.2, 0.25) is 5.91 Å². The van der Waals surface area contributed by atoms with E-state index in [1.807, 2.05) is 6.92 Å². The maximum absolute atomic E-state index is 11.9. The standard InChI is InChI=1S/C16H19N3O4.ClH/c1-10-8-11(18-15(20)12(17)9-22-2)5-6-13(10)19-16(21)14-4-3-7-23-14;/h3-8,12H,9,17H2,1-2H3,(H,18,20)(H,19,21);1H. The first-order valence-electron chi connectivity index (χ1n) is 7.02. The molecule has 8 heteroatoms. The van der Waals surface area contributed by atoms with Gasteiger partial charge in [-0.15, -0.1) is 12.4 Å². The molecule has 1 aromatic carbocycles.